The number of likely N-dealkylation sites (N-methyl/N-ethyl adjacent to an activating group) is 1. The van der Waals surface area contributed by atoms with Crippen molar-refractivity contribution >= 4 is 5.91 Å². The van der Waals surface area contributed by atoms with Crippen molar-refractivity contribution in [2.75, 3.05) is 20.1 Å². The number of nitrogens with two attached hydrogens (primary N) is 1. The zero-order chi connectivity index (χ0) is 9.84. The highest BCUT2D eigenvalue weighted by molar-refractivity contribution is 5.92. The molecule has 0 atom stereocenters. The molecule has 0 saturated heterocycles. The third kappa shape index (κ3) is 2.09. The Labute approximate surface area is 77.9 Å². The van der Waals surface area contributed by atoms with E-state index in [2.05, 4.69) is 0 Å². The fraction of sp³-hybridized carbons (Fsp3) is 0.444. The van der Waals surface area contributed by atoms with Gasteiger partial charge in [-0.15, -0.1) is 0 Å². The summed E-state index contributed by atoms with van der Waals surface area (Å²) in [6, 6.07) is 3.65. The average Bonchev–Trinajstić information content (AvgIpc) is 2.50. The molecule has 1 amide bonds. The van der Waals surface area contributed by atoms with Gasteiger partial charge >= 0.3 is 0 Å². The highest BCUT2D eigenvalue weighted by Gasteiger charge is 2.12. The van der Waals surface area contributed by atoms with Gasteiger partial charge in [0.1, 0.15) is 5.69 Å². The van der Waals surface area contributed by atoms with E-state index >= 15 is 0 Å². The minimum Gasteiger partial charge on any atom is -0.347 e. The van der Waals surface area contributed by atoms with Gasteiger partial charge in [-0.1, -0.05) is 0 Å². The highest BCUT2D eigenvalue weighted by atomic mass is 16.2. The van der Waals surface area contributed by atoms with E-state index in [9.17, 15) is 4.79 Å². The number of carbonyl (C=O) groups is 1. The molecule has 0 aliphatic heterocycles. The van der Waals surface area contributed by atoms with Crippen LogP contribution in [0, 0.1) is 0 Å². The van der Waals surface area contributed by atoms with Crippen LogP contribution in [0.15, 0.2) is 18.3 Å². The number of amides is 1. The zero-order valence-electron chi connectivity index (χ0n) is 8.03. The predicted molar refractivity (Wildman–Crippen MR) is 51.4 cm³/mol. The van der Waals surface area contributed by atoms with E-state index in [0.717, 1.165) is 0 Å². The molecule has 0 radical (unpaired) electrons. The Morgan fingerprint density at radius 2 is 2.38 bits per heavy atom. The first-order valence-corrected chi connectivity index (χ1v) is 4.23. The number of nitrogens with zero attached hydrogens (tertiary/aromatic N) is 2. The van der Waals surface area contributed by atoms with Crippen LogP contribution in [0.1, 0.15) is 10.5 Å². The summed E-state index contributed by atoms with van der Waals surface area (Å²) in [6.07, 6.45) is 1.85. The van der Waals surface area contributed by atoms with Crippen molar-refractivity contribution in [1.29, 1.82) is 0 Å². The van der Waals surface area contributed by atoms with Crippen LogP contribution in [0.4, 0.5) is 0 Å². The van der Waals surface area contributed by atoms with E-state index in [0.29, 0.717) is 18.8 Å². The molecule has 1 aromatic heterocycles. The fourth-order valence-electron chi connectivity index (χ4n) is 1.17. The van der Waals surface area contributed by atoms with E-state index in [1.807, 2.05) is 19.3 Å². The lowest BCUT2D eigenvalue weighted by Crippen LogP contribution is -2.32. The topological polar surface area (TPSA) is 51.3 Å². The Kier molecular flexibility index (Phi) is 3.08. The molecular formula is C9H15N3O. The van der Waals surface area contributed by atoms with E-state index < -0.39 is 0 Å². The maximum Gasteiger partial charge on any atom is 0.270 e. The van der Waals surface area contributed by atoms with Crippen molar-refractivity contribution in [3.63, 3.8) is 0 Å². The van der Waals surface area contributed by atoms with Gasteiger partial charge in [-0.25, -0.2) is 0 Å². The van der Waals surface area contributed by atoms with Gasteiger partial charge in [0.15, 0.2) is 0 Å². The molecule has 0 bridgehead atoms. The van der Waals surface area contributed by atoms with Crippen LogP contribution in [0.25, 0.3) is 0 Å². The van der Waals surface area contributed by atoms with Gasteiger partial charge in [0, 0.05) is 33.4 Å². The Balaban J connectivity index is 2.73. The lowest BCUT2D eigenvalue weighted by Gasteiger charge is -2.15. The van der Waals surface area contributed by atoms with Crippen LogP contribution in [0.5, 0.6) is 0 Å². The van der Waals surface area contributed by atoms with Crippen molar-refractivity contribution in [2.45, 2.75) is 0 Å². The number of aromatic nitrogens is 1. The second-order valence-electron chi connectivity index (χ2n) is 3.02. The Hall–Kier alpha value is -1.29. The molecule has 0 aliphatic carbocycles. The summed E-state index contributed by atoms with van der Waals surface area (Å²) in [5.74, 6) is 0.0120. The number of carbonyl (C=O) groups excluding carboxylic acids is 1. The second-order valence-corrected chi connectivity index (χ2v) is 3.02. The fourth-order valence-corrected chi connectivity index (χ4v) is 1.17. The van der Waals surface area contributed by atoms with Crippen LogP contribution >= 0.6 is 0 Å². The number of aryl methyl sites for hydroxylation is 1. The number of hydrogen-bond acceptors (Lipinski definition) is 2. The molecule has 1 heterocycles. The molecular weight excluding hydrogens is 166 g/mol. The Bertz CT molecular complexity index is 293. The maximum atomic E-state index is 11.7. The van der Waals surface area contributed by atoms with E-state index in [1.54, 1.807) is 22.6 Å². The van der Waals surface area contributed by atoms with Crippen molar-refractivity contribution in [1.82, 2.24) is 9.47 Å². The largest absolute Gasteiger partial charge is 0.347 e. The molecule has 0 aliphatic rings. The molecule has 0 aromatic carbocycles. The van der Waals surface area contributed by atoms with Gasteiger partial charge < -0.3 is 15.2 Å². The smallest absolute Gasteiger partial charge is 0.270 e. The normalized spacial score (nSPS) is 10.1. The first kappa shape index (κ1) is 9.80. The van der Waals surface area contributed by atoms with Crippen LogP contribution in [0.3, 0.4) is 0 Å². The lowest BCUT2D eigenvalue weighted by atomic mass is 10.3. The van der Waals surface area contributed by atoms with Gasteiger partial charge in [0.25, 0.3) is 5.91 Å². The second kappa shape index (κ2) is 4.09. The van der Waals surface area contributed by atoms with Gasteiger partial charge in [-0.2, -0.15) is 0 Å². The molecule has 2 N–H and O–H groups in total. The first-order valence-electron chi connectivity index (χ1n) is 4.23. The standard InChI is InChI=1S/C9H15N3O/c1-11-6-3-4-8(11)9(13)12(2)7-5-10/h3-4,6H,5,7,10H2,1-2H3. The predicted octanol–water partition coefficient (Wildman–Crippen LogP) is 0.0558. The molecule has 4 heteroatoms. The van der Waals surface area contributed by atoms with Crippen molar-refractivity contribution in [3.05, 3.63) is 24.0 Å². The minimum absolute atomic E-state index is 0.0120. The molecule has 1 rings (SSSR count). The van der Waals surface area contributed by atoms with Gasteiger partial charge in [0.2, 0.25) is 0 Å². The summed E-state index contributed by atoms with van der Waals surface area (Å²) in [5, 5.41) is 0. The number of rotatable bonds is 3. The van der Waals surface area contributed by atoms with Crippen LogP contribution in [0.2, 0.25) is 0 Å². The molecule has 4 nitrogen and oxygen atoms in total. The molecule has 1 aromatic rings. The van der Waals surface area contributed by atoms with Crippen molar-refractivity contribution in [2.24, 2.45) is 12.8 Å². The van der Waals surface area contributed by atoms with Crippen LogP contribution in [-0.2, 0) is 7.05 Å². The van der Waals surface area contributed by atoms with Crippen LogP contribution in [-0.4, -0.2) is 35.5 Å². The number of hydrogen-bond donors (Lipinski definition) is 1. The van der Waals surface area contributed by atoms with Gasteiger partial charge in [0.05, 0.1) is 0 Å². The maximum absolute atomic E-state index is 11.7. The molecule has 0 fully saturated rings. The first-order chi connectivity index (χ1) is 6.16. The quantitative estimate of drug-likeness (QED) is 0.716. The zero-order valence-corrected chi connectivity index (χ0v) is 8.03. The SMILES string of the molecule is CN(CCN)C(=O)c1cccn1C. The monoisotopic (exact) mass is 181 g/mol. The van der Waals surface area contributed by atoms with Crippen molar-refractivity contribution in [3.8, 4) is 0 Å². The van der Waals surface area contributed by atoms with Crippen molar-refractivity contribution < 1.29 is 4.79 Å². The van der Waals surface area contributed by atoms with E-state index in [-0.39, 0.29) is 5.91 Å². The molecule has 0 unspecified atom stereocenters. The van der Waals surface area contributed by atoms with Gasteiger partial charge in [-0.05, 0) is 12.1 Å². The molecule has 13 heavy (non-hydrogen) atoms. The van der Waals surface area contributed by atoms with E-state index in [1.165, 1.54) is 0 Å². The Morgan fingerprint density at radius 3 is 2.85 bits per heavy atom. The summed E-state index contributed by atoms with van der Waals surface area (Å²) in [7, 11) is 3.60. The summed E-state index contributed by atoms with van der Waals surface area (Å²) < 4.78 is 1.80. The average molecular weight is 181 g/mol. The third-order valence-corrected chi connectivity index (χ3v) is 1.97. The van der Waals surface area contributed by atoms with E-state index in [4.69, 9.17) is 5.73 Å². The van der Waals surface area contributed by atoms with Gasteiger partial charge in [-0.3, -0.25) is 4.79 Å². The summed E-state index contributed by atoms with van der Waals surface area (Å²) in [5.41, 5.74) is 6.05. The molecule has 72 valence electrons. The highest BCUT2D eigenvalue weighted by Crippen LogP contribution is 2.02. The third-order valence-electron chi connectivity index (χ3n) is 1.97. The summed E-state index contributed by atoms with van der Waals surface area (Å²) in [4.78, 5) is 13.3. The molecule has 0 spiro atoms. The molecule has 0 saturated carbocycles. The summed E-state index contributed by atoms with van der Waals surface area (Å²) >= 11 is 0. The minimum atomic E-state index is 0.0120. The lowest BCUT2D eigenvalue weighted by molar-refractivity contribution is 0.0789. The Morgan fingerprint density at radius 1 is 1.69 bits per heavy atom. The van der Waals surface area contributed by atoms with Crippen LogP contribution < -0.4 is 5.73 Å². The summed E-state index contributed by atoms with van der Waals surface area (Å²) in [6.45, 7) is 1.08.